The summed E-state index contributed by atoms with van der Waals surface area (Å²) in [6, 6.07) is 3.20. The molecule has 1 aliphatic rings. The van der Waals surface area contributed by atoms with Crippen LogP contribution in [-0.2, 0) is 4.74 Å². The molecule has 0 radical (unpaired) electrons. The molecule has 0 amide bonds. The summed E-state index contributed by atoms with van der Waals surface area (Å²) >= 11 is 1.49. The zero-order chi connectivity index (χ0) is 14.4. The van der Waals surface area contributed by atoms with Crippen molar-refractivity contribution in [1.29, 1.82) is 0 Å². The molecule has 0 spiro atoms. The van der Waals surface area contributed by atoms with Gasteiger partial charge in [0.25, 0.3) is 0 Å². The summed E-state index contributed by atoms with van der Waals surface area (Å²) in [4.78, 5) is 15.1. The maximum absolute atomic E-state index is 11.1. The molecule has 1 aromatic rings. The normalized spacial score (nSPS) is 16.1. The molecule has 1 aromatic heterocycles. The third kappa shape index (κ3) is 4.08. The highest BCUT2D eigenvalue weighted by Crippen LogP contribution is 2.35. The van der Waals surface area contributed by atoms with Gasteiger partial charge in [-0.1, -0.05) is 18.7 Å². The summed E-state index contributed by atoms with van der Waals surface area (Å²) in [6.07, 6.45) is 2.81. The van der Waals surface area contributed by atoms with Gasteiger partial charge in [-0.15, -0.1) is 0 Å². The first-order valence-electron chi connectivity index (χ1n) is 6.84. The molecule has 1 fully saturated rings. The molecule has 0 unspecified atom stereocenters. The van der Waals surface area contributed by atoms with Crippen LogP contribution in [0.5, 0.6) is 0 Å². The Kier molecular flexibility index (Phi) is 5.60. The van der Waals surface area contributed by atoms with Crippen molar-refractivity contribution in [2.75, 3.05) is 25.1 Å². The monoisotopic (exact) mass is 297 g/mol. The molecule has 0 aliphatic carbocycles. The van der Waals surface area contributed by atoms with E-state index in [2.05, 4.69) is 17.2 Å². The molecular weight excluding hydrogens is 278 g/mol. The van der Waals surface area contributed by atoms with Gasteiger partial charge in [-0.05, 0) is 25.3 Å². The number of anilines is 1. The van der Waals surface area contributed by atoms with Gasteiger partial charge in [0.05, 0.1) is 4.92 Å². The minimum atomic E-state index is -0.363. The smallest absolute Gasteiger partial charge is 0.301 e. The lowest BCUT2D eigenvalue weighted by molar-refractivity contribution is -0.388. The quantitative estimate of drug-likeness (QED) is 0.642. The number of nitrogens with zero attached hydrogens (tertiary/aromatic N) is 2. The van der Waals surface area contributed by atoms with Crippen LogP contribution >= 0.6 is 11.8 Å². The molecule has 20 heavy (non-hydrogen) atoms. The molecule has 6 nitrogen and oxygen atoms in total. The van der Waals surface area contributed by atoms with E-state index in [4.69, 9.17) is 4.74 Å². The van der Waals surface area contributed by atoms with Crippen LogP contribution in [0.15, 0.2) is 17.2 Å². The van der Waals surface area contributed by atoms with Crippen LogP contribution in [0.1, 0.15) is 26.2 Å². The van der Waals surface area contributed by atoms with Crippen molar-refractivity contribution >= 4 is 23.3 Å². The van der Waals surface area contributed by atoms with Gasteiger partial charge in [0.2, 0.25) is 0 Å². The van der Waals surface area contributed by atoms with E-state index >= 15 is 0 Å². The standard InChI is InChI=1S/C13H19N3O3S/c1-2-7-14-12-4-3-11(16(17)18)13(15-12)20-10-5-8-19-9-6-10/h3-4,10H,2,5-9H2,1H3,(H,14,15). The Bertz CT molecular complexity index is 464. The summed E-state index contributed by atoms with van der Waals surface area (Å²) in [5.74, 6) is 0.701. The second-order valence-corrected chi connectivity index (χ2v) is 5.92. The highest BCUT2D eigenvalue weighted by molar-refractivity contribution is 8.00. The highest BCUT2D eigenvalue weighted by atomic mass is 32.2. The largest absolute Gasteiger partial charge is 0.381 e. The molecule has 0 saturated carbocycles. The number of rotatable bonds is 6. The minimum absolute atomic E-state index is 0.0866. The fourth-order valence-corrected chi connectivity index (χ4v) is 3.12. The van der Waals surface area contributed by atoms with Crippen molar-refractivity contribution in [3.8, 4) is 0 Å². The van der Waals surface area contributed by atoms with Crippen LogP contribution < -0.4 is 5.32 Å². The summed E-state index contributed by atoms with van der Waals surface area (Å²) in [6.45, 7) is 4.32. The highest BCUT2D eigenvalue weighted by Gasteiger charge is 2.22. The van der Waals surface area contributed by atoms with Gasteiger partial charge in [-0.2, -0.15) is 0 Å². The third-order valence-corrected chi connectivity index (χ3v) is 4.37. The Morgan fingerprint density at radius 3 is 2.90 bits per heavy atom. The number of nitrogens with one attached hydrogen (secondary N) is 1. The van der Waals surface area contributed by atoms with E-state index in [-0.39, 0.29) is 10.6 Å². The van der Waals surface area contributed by atoms with Gasteiger partial charge < -0.3 is 10.1 Å². The van der Waals surface area contributed by atoms with E-state index in [1.54, 1.807) is 6.07 Å². The number of thioether (sulfide) groups is 1. The minimum Gasteiger partial charge on any atom is -0.381 e. The van der Waals surface area contributed by atoms with Crippen molar-refractivity contribution in [3.63, 3.8) is 0 Å². The summed E-state index contributed by atoms with van der Waals surface area (Å²) < 4.78 is 5.31. The number of aromatic nitrogens is 1. The fourth-order valence-electron chi connectivity index (χ4n) is 1.96. The zero-order valence-electron chi connectivity index (χ0n) is 11.5. The molecule has 0 atom stereocenters. The lowest BCUT2D eigenvalue weighted by Crippen LogP contribution is -2.17. The third-order valence-electron chi connectivity index (χ3n) is 3.04. The second kappa shape index (κ2) is 7.44. The van der Waals surface area contributed by atoms with Gasteiger partial charge >= 0.3 is 5.69 Å². The van der Waals surface area contributed by atoms with Crippen molar-refractivity contribution in [2.45, 2.75) is 36.5 Å². The average molecular weight is 297 g/mol. The lowest BCUT2D eigenvalue weighted by atomic mass is 10.2. The lowest BCUT2D eigenvalue weighted by Gasteiger charge is -2.21. The molecule has 2 heterocycles. The molecule has 0 aromatic carbocycles. The van der Waals surface area contributed by atoms with Crippen LogP contribution in [0.25, 0.3) is 0 Å². The SMILES string of the molecule is CCCNc1ccc([N+](=O)[O-])c(SC2CCOCC2)n1. The van der Waals surface area contributed by atoms with Gasteiger partial charge in [0.1, 0.15) is 5.82 Å². The van der Waals surface area contributed by atoms with E-state index in [0.29, 0.717) is 16.1 Å². The van der Waals surface area contributed by atoms with Gasteiger partial charge in [0, 0.05) is 31.1 Å². The molecule has 110 valence electrons. The summed E-state index contributed by atoms with van der Waals surface area (Å²) in [5, 5.41) is 15.1. The van der Waals surface area contributed by atoms with E-state index in [1.165, 1.54) is 17.8 Å². The maximum atomic E-state index is 11.1. The summed E-state index contributed by atoms with van der Waals surface area (Å²) in [5.41, 5.74) is 0.0866. The second-order valence-electron chi connectivity index (χ2n) is 4.63. The first-order valence-corrected chi connectivity index (χ1v) is 7.72. The first-order chi connectivity index (χ1) is 9.70. The van der Waals surface area contributed by atoms with Gasteiger partial charge in [-0.25, -0.2) is 4.98 Å². The number of hydrogen-bond donors (Lipinski definition) is 1. The van der Waals surface area contributed by atoms with Crippen molar-refractivity contribution < 1.29 is 9.66 Å². The molecule has 2 rings (SSSR count). The molecule has 0 bridgehead atoms. The fraction of sp³-hybridized carbons (Fsp3) is 0.615. The van der Waals surface area contributed by atoms with Crippen LogP contribution in [0.3, 0.4) is 0 Å². The number of nitro groups is 1. The van der Waals surface area contributed by atoms with E-state index < -0.39 is 0 Å². The van der Waals surface area contributed by atoms with Crippen LogP contribution in [-0.4, -0.2) is 34.9 Å². The average Bonchev–Trinajstić information content (AvgIpc) is 2.46. The molecular formula is C13H19N3O3S. The molecule has 1 aliphatic heterocycles. The van der Waals surface area contributed by atoms with E-state index in [0.717, 1.165) is 39.0 Å². The van der Waals surface area contributed by atoms with Crippen LogP contribution in [0, 0.1) is 10.1 Å². The maximum Gasteiger partial charge on any atom is 0.301 e. The summed E-state index contributed by atoms with van der Waals surface area (Å²) in [7, 11) is 0. The number of hydrogen-bond acceptors (Lipinski definition) is 6. The van der Waals surface area contributed by atoms with E-state index in [9.17, 15) is 10.1 Å². The van der Waals surface area contributed by atoms with Gasteiger partial charge in [0.15, 0.2) is 5.03 Å². The number of pyridine rings is 1. The Labute approximate surface area is 122 Å². The molecule has 1 N–H and O–H groups in total. The Morgan fingerprint density at radius 1 is 1.50 bits per heavy atom. The molecule has 7 heteroatoms. The Balaban J connectivity index is 2.14. The predicted molar refractivity (Wildman–Crippen MR) is 79.4 cm³/mol. The topological polar surface area (TPSA) is 77.3 Å². The van der Waals surface area contributed by atoms with Crippen LogP contribution in [0.2, 0.25) is 0 Å². The van der Waals surface area contributed by atoms with Gasteiger partial charge in [-0.3, -0.25) is 10.1 Å². The Morgan fingerprint density at radius 2 is 2.25 bits per heavy atom. The van der Waals surface area contributed by atoms with Crippen molar-refractivity contribution in [1.82, 2.24) is 4.98 Å². The predicted octanol–water partition coefficient (Wildman–Crippen LogP) is 3.08. The Hall–Kier alpha value is -1.34. The zero-order valence-corrected chi connectivity index (χ0v) is 12.3. The first kappa shape index (κ1) is 15.1. The number of ether oxygens (including phenoxy) is 1. The van der Waals surface area contributed by atoms with E-state index in [1.807, 2.05) is 0 Å². The van der Waals surface area contributed by atoms with Crippen molar-refractivity contribution in [3.05, 3.63) is 22.2 Å². The van der Waals surface area contributed by atoms with Crippen LogP contribution in [0.4, 0.5) is 11.5 Å². The molecule has 1 saturated heterocycles. The van der Waals surface area contributed by atoms with Crippen molar-refractivity contribution in [2.24, 2.45) is 0 Å².